The fourth-order valence-electron chi connectivity index (χ4n) is 4.38. The molecule has 0 spiro atoms. The van der Waals surface area contributed by atoms with E-state index in [1.807, 2.05) is 18.2 Å². The molecule has 1 saturated heterocycles. The Morgan fingerprint density at radius 2 is 1.88 bits per heavy atom. The highest BCUT2D eigenvalue weighted by atomic mass is 16.6. The summed E-state index contributed by atoms with van der Waals surface area (Å²) in [6.07, 6.45) is -0.701. The summed E-state index contributed by atoms with van der Waals surface area (Å²) >= 11 is 0. The van der Waals surface area contributed by atoms with Gasteiger partial charge in [-0.15, -0.1) is 0 Å². The molecule has 172 valence electrons. The van der Waals surface area contributed by atoms with Crippen LogP contribution in [0.4, 0.5) is 0 Å². The molecule has 0 radical (unpaired) electrons. The highest BCUT2D eigenvalue weighted by Gasteiger charge is 2.33. The minimum atomic E-state index is -0.701. The normalized spacial score (nSPS) is 18.5. The average Bonchev–Trinajstić information content (AvgIpc) is 2.86. The zero-order chi connectivity index (χ0) is 22.9. The quantitative estimate of drug-likeness (QED) is 0.650. The number of amides is 1. The standard InChI is InChI=1S/C25H26N2O6/c1-16-23(29)18-4-2-3-5-19(18)33-24(16)17-6-7-20-21(14-17)31-15-22(32-20)25(30)27-10-8-26(9-11-27)12-13-28/h2-7,14,22,28H,8-13,15H2,1H3. The van der Waals surface area contributed by atoms with Crippen LogP contribution in [0, 0.1) is 6.92 Å². The van der Waals surface area contributed by atoms with E-state index in [0.29, 0.717) is 59.0 Å². The molecule has 8 heteroatoms. The van der Waals surface area contributed by atoms with E-state index >= 15 is 0 Å². The lowest BCUT2D eigenvalue weighted by molar-refractivity contribution is -0.143. The molecule has 1 N–H and O–H groups in total. The van der Waals surface area contributed by atoms with Crippen molar-refractivity contribution in [1.82, 2.24) is 9.80 Å². The van der Waals surface area contributed by atoms with Crippen LogP contribution in [0.2, 0.25) is 0 Å². The number of carbonyl (C=O) groups excluding carboxylic acids is 1. The van der Waals surface area contributed by atoms with Crippen molar-refractivity contribution in [3.05, 3.63) is 58.3 Å². The van der Waals surface area contributed by atoms with E-state index in [1.165, 1.54) is 0 Å². The first-order chi connectivity index (χ1) is 16.0. The summed E-state index contributed by atoms with van der Waals surface area (Å²) in [6, 6.07) is 12.5. The van der Waals surface area contributed by atoms with Crippen LogP contribution in [-0.4, -0.2) is 72.9 Å². The molecule has 1 amide bonds. The Balaban J connectivity index is 1.34. The van der Waals surface area contributed by atoms with Gasteiger partial charge in [-0.2, -0.15) is 0 Å². The minimum Gasteiger partial charge on any atom is -0.485 e. The third-order valence-corrected chi connectivity index (χ3v) is 6.27. The summed E-state index contributed by atoms with van der Waals surface area (Å²) in [6.45, 7) is 5.28. The van der Waals surface area contributed by atoms with E-state index in [2.05, 4.69) is 4.90 Å². The number of hydrogen-bond donors (Lipinski definition) is 1. The first-order valence-corrected chi connectivity index (χ1v) is 11.1. The van der Waals surface area contributed by atoms with Crippen molar-refractivity contribution in [3.63, 3.8) is 0 Å². The topological polar surface area (TPSA) is 92.5 Å². The van der Waals surface area contributed by atoms with E-state index < -0.39 is 6.10 Å². The van der Waals surface area contributed by atoms with Gasteiger partial charge in [-0.1, -0.05) is 12.1 Å². The van der Waals surface area contributed by atoms with Crippen LogP contribution < -0.4 is 14.9 Å². The van der Waals surface area contributed by atoms with E-state index in [-0.39, 0.29) is 24.5 Å². The van der Waals surface area contributed by atoms with Crippen LogP contribution in [-0.2, 0) is 4.79 Å². The second kappa shape index (κ2) is 8.88. The number of aliphatic hydroxyl groups excluding tert-OH is 1. The molecule has 8 nitrogen and oxygen atoms in total. The van der Waals surface area contributed by atoms with E-state index in [9.17, 15) is 9.59 Å². The van der Waals surface area contributed by atoms with Gasteiger partial charge in [-0.25, -0.2) is 0 Å². The number of aliphatic hydroxyl groups is 1. The Morgan fingerprint density at radius 1 is 1.09 bits per heavy atom. The maximum absolute atomic E-state index is 12.9. The van der Waals surface area contributed by atoms with Crippen molar-refractivity contribution < 1.29 is 23.8 Å². The molecule has 33 heavy (non-hydrogen) atoms. The van der Waals surface area contributed by atoms with Gasteiger partial charge in [0, 0.05) is 43.9 Å². The van der Waals surface area contributed by atoms with Crippen molar-refractivity contribution in [1.29, 1.82) is 0 Å². The first-order valence-electron chi connectivity index (χ1n) is 11.1. The second-order valence-electron chi connectivity index (χ2n) is 8.35. The lowest BCUT2D eigenvalue weighted by atomic mass is 10.0. The summed E-state index contributed by atoms with van der Waals surface area (Å²) in [7, 11) is 0. The van der Waals surface area contributed by atoms with Gasteiger partial charge < -0.3 is 23.9 Å². The zero-order valence-electron chi connectivity index (χ0n) is 18.5. The van der Waals surface area contributed by atoms with Gasteiger partial charge >= 0.3 is 0 Å². The van der Waals surface area contributed by atoms with Crippen LogP contribution in [0.25, 0.3) is 22.3 Å². The molecule has 3 heterocycles. The predicted octanol–water partition coefficient (Wildman–Crippen LogP) is 2.04. The first kappa shape index (κ1) is 21.5. The van der Waals surface area contributed by atoms with Gasteiger partial charge in [0.15, 0.2) is 16.9 Å². The van der Waals surface area contributed by atoms with Crippen LogP contribution in [0.3, 0.4) is 0 Å². The third-order valence-electron chi connectivity index (χ3n) is 6.27. The molecule has 3 aromatic rings. The van der Waals surface area contributed by atoms with Crippen LogP contribution in [0.5, 0.6) is 11.5 Å². The van der Waals surface area contributed by atoms with Gasteiger partial charge in [-0.3, -0.25) is 14.5 Å². The predicted molar refractivity (Wildman–Crippen MR) is 123 cm³/mol. The highest BCUT2D eigenvalue weighted by molar-refractivity contribution is 5.83. The van der Waals surface area contributed by atoms with Gasteiger partial charge in [0.05, 0.1) is 12.0 Å². The molecule has 0 aliphatic carbocycles. The van der Waals surface area contributed by atoms with Crippen LogP contribution >= 0.6 is 0 Å². The molecular weight excluding hydrogens is 424 g/mol. The summed E-state index contributed by atoms with van der Waals surface area (Å²) in [4.78, 5) is 29.6. The van der Waals surface area contributed by atoms with E-state index in [0.717, 1.165) is 13.1 Å². The molecule has 1 fully saturated rings. The summed E-state index contributed by atoms with van der Waals surface area (Å²) < 4.78 is 17.9. The van der Waals surface area contributed by atoms with Crippen LogP contribution in [0.1, 0.15) is 5.56 Å². The number of nitrogens with zero attached hydrogens (tertiary/aromatic N) is 2. The van der Waals surface area contributed by atoms with Crippen molar-refractivity contribution in [2.24, 2.45) is 0 Å². The fourth-order valence-corrected chi connectivity index (χ4v) is 4.38. The molecule has 1 aromatic heterocycles. The number of para-hydroxylation sites is 1. The number of benzene rings is 2. The lowest BCUT2D eigenvalue weighted by Crippen LogP contribution is -2.54. The molecule has 1 unspecified atom stereocenters. The molecule has 0 bridgehead atoms. The monoisotopic (exact) mass is 450 g/mol. The van der Waals surface area contributed by atoms with Crippen molar-refractivity contribution in [2.75, 3.05) is 45.9 Å². The highest BCUT2D eigenvalue weighted by Crippen LogP contribution is 2.37. The van der Waals surface area contributed by atoms with Gasteiger partial charge in [0.25, 0.3) is 5.91 Å². The Kier molecular flexibility index (Phi) is 5.78. The van der Waals surface area contributed by atoms with Gasteiger partial charge in [-0.05, 0) is 37.3 Å². The van der Waals surface area contributed by atoms with Crippen molar-refractivity contribution in [3.8, 4) is 22.8 Å². The third kappa shape index (κ3) is 4.07. The number of carbonyl (C=O) groups is 1. The molecular formula is C25H26N2O6. The smallest absolute Gasteiger partial charge is 0.267 e. The maximum Gasteiger partial charge on any atom is 0.267 e. The molecule has 5 rings (SSSR count). The summed E-state index contributed by atoms with van der Waals surface area (Å²) in [5.41, 5.74) is 1.70. The number of hydrogen-bond acceptors (Lipinski definition) is 7. The Morgan fingerprint density at radius 3 is 2.67 bits per heavy atom. The van der Waals surface area contributed by atoms with Crippen LogP contribution in [0.15, 0.2) is 51.7 Å². The minimum absolute atomic E-state index is 0.0634. The van der Waals surface area contributed by atoms with Gasteiger partial charge in [0.2, 0.25) is 6.10 Å². The molecule has 1 atom stereocenters. The number of β-amino-alcohol motifs (C(OH)–C–C–N with tert-alkyl or cyclic N) is 1. The fraction of sp³-hybridized carbons (Fsp3) is 0.360. The Labute approximate surface area is 190 Å². The lowest BCUT2D eigenvalue weighted by Gasteiger charge is -2.37. The SMILES string of the molecule is Cc1c(-c2ccc3c(c2)OCC(C(=O)N2CCN(CCO)CC2)O3)oc2ccccc2c1=O. The Bertz CT molecular complexity index is 1250. The Hall–Kier alpha value is -3.36. The van der Waals surface area contributed by atoms with Crippen molar-refractivity contribution in [2.45, 2.75) is 13.0 Å². The average molecular weight is 450 g/mol. The molecule has 0 saturated carbocycles. The van der Waals surface area contributed by atoms with Gasteiger partial charge in [0.1, 0.15) is 18.0 Å². The van der Waals surface area contributed by atoms with Crippen molar-refractivity contribution >= 4 is 16.9 Å². The maximum atomic E-state index is 12.9. The van der Waals surface area contributed by atoms with E-state index in [4.69, 9.17) is 19.0 Å². The number of fused-ring (bicyclic) bond motifs is 2. The number of piperazine rings is 1. The molecule has 2 aliphatic rings. The summed E-state index contributed by atoms with van der Waals surface area (Å²) in [5, 5.41) is 9.63. The molecule has 2 aliphatic heterocycles. The zero-order valence-corrected chi connectivity index (χ0v) is 18.5. The summed E-state index contributed by atoms with van der Waals surface area (Å²) in [5.74, 6) is 1.40. The number of rotatable bonds is 4. The van der Waals surface area contributed by atoms with E-state index in [1.54, 1.807) is 36.1 Å². The largest absolute Gasteiger partial charge is 0.485 e. The number of ether oxygens (including phenoxy) is 2. The second-order valence-corrected chi connectivity index (χ2v) is 8.35. The molecule has 2 aromatic carbocycles.